The Morgan fingerprint density at radius 3 is 2.61 bits per heavy atom. The second-order valence-corrected chi connectivity index (χ2v) is 5.22. The highest BCUT2D eigenvalue weighted by molar-refractivity contribution is 6.31. The van der Waals surface area contributed by atoms with Crippen LogP contribution in [0.25, 0.3) is 0 Å². The van der Waals surface area contributed by atoms with Crippen molar-refractivity contribution in [1.29, 1.82) is 0 Å². The first-order chi connectivity index (χ1) is 8.31. The van der Waals surface area contributed by atoms with Crippen LogP contribution in [-0.4, -0.2) is 11.7 Å². The third kappa shape index (κ3) is 4.91. The van der Waals surface area contributed by atoms with E-state index < -0.39 is 11.7 Å². The second kappa shape index (κ2) is 6.04. The van der Waals surface area contributed by atoms with Crippen molar-refractivity contribution in [3.8, 4) is 0 Å². The topological polar surface area (TPSA) is 76.4 Å². The molecule has 0 bridgehead atoms. The molecule has 6 heteroatoms. The van der Waals surface area contributed by atoms with Crippen LogP contribution in [0.2, 0.25) is 5.02 Å². The molecule has 1 rings (SSSR count). The van der Waals surface area contributed by atoms with Gasteiger partial charge in [-0.05, 0) is 38.5 Å². The summed E-state index contributed by atoms with van der Waals surface area (Å²) in [4.78, 5) is 11.5. The summed E-state index contributed by atoms with van der Waals surface area (Å²) in [7, 11) is 0. The average molecular weight is 272 g/mol. The fourth-order valence-electron chi connectivity index (χ4n) is 1.30. The lowest BCUT2D eigenvalue weighted by molar-refractivity contribution is 0.0636. The van der Waals surface area contributed by atoms with E-state index in [1.54, 1.807) is 39.0 Å². The maximum atomic E-state index is 11.5. The first-order valence-electron chi connectivity index (χ1n) is 5.54. The monoisotopic (exact) mass is 271 g/mol. The van der Waals surface area contributed by atoms with Gasteiger partial charge in [-0.2, -0.15) is 0 Å². The van der Waals surface area contributed by atoms with E-state index in [1.165, 1.54) is 0 Å². The van der Waals surface area contributed by atoms with E-state index in [-0.39, 0.29) is 0 Å². The summed E-state index contributed by atoms with van der Waals surface area (Å²) >= 11 is 6.04. The Balaban J connectivity index is 2.69. The lowest BCUT2D eigenvalue weighted by atomic mass is 10.2. The molecular formula is C12H18ClN3O2. The van der Waals surface area contributed by atoms with Crippen molar-refractivity contribution in [2.24, 2.45) is 5.84 Å². The number of nitrogens with two attached hydrogens (primary N) is 1. The van der Waals surface area contributed by atoms with Crippen LogP contribution in [0.15, 0.2) is 18.2 Å². The molecular weight excluding hydrogens is 254 g/mol. The van der Waals surface area contributed by atoms with Crippen LogP contribution in [0, 0.1) is 0 Å². The molecule has 0 spiro atoms. The number of carbonyl (C=O) groups excluding carboxylic acids is 1. The van der Waals surface area contributed by atoms with Crippen molar-refractivity contribution < 1.29 is 9.53 Å². The van der Waals surface area contributed by atoms with Crippen molar-refractivity contribution in [2.75, 3.05) is 5.32 Å². The number of rotatable bonds is 3. The summed E-state index contributed by atoms with van der Waals surface area (Å²) in [6.45, 7) is 5.87. The predicted molar refractivity (Wildman–Crippen MR) is 72.3 cm³/mol. The maximum Gasteiger partial charge on any atom is 0.412 e. The van der Waals surface area contributed by atoms with Gasteiger partial charge in [-0.1, -0.05) is 17.7 Å². The molecule has 4 N–H and O–H groups in total. The SMILES string of the molecule is CC(C)(C)OC(=O)Nc1ccc(CNN)c(Cl)c1. The smallest absolute Gasteiger partial charge is 0.412 e. The highest BCUT2D eigenvalue weighted by Crippen LogP contribution is 2.21. The third-order valence-electron chi connectivity index (χ3n) is 1.99. The highest BCUT2D eigenvalue weighted by Gasteiger charge is 2.16. The van der Waals surface area contributed by atoms with Gasteiger partial charge in [0.25, 0.3) is 0 Å². The zero-order chi connectivity index (χ0) is 13.8. The molecule has 0 atom stereocenters. The minimum absolute atomic E-state index is 0.464. The molecule has 1 amide bonds. The van der Waals surface area contributed by atoms with Crippen LogP contribution in [0.3, 0.4) is 0 Å². The lowest BCUT2D eigenvalue weighted by Crippen LogP contribution is -2.27. The van der Waals surface area contributed by atoms with Crippen LogP contribution in [-0.2, 0) is 11.3 Å². The van der Waals surface area contributed by atoms with E-state index in [2.05, 4.69) is 10.7 Å². The van der Waals surface area contributed by atoms with Gasteiger partial charge < -0.3 is 4.74 Å². The molecule has 0 aliphatic heterocycles. The lowest BCUT2D eigenvalue weighted by Gasteiger charge is -2.19. The van der Waals surface area contributed by atoms with Gasteiger partial charge in [0.05, 0.1) is 0 Å². The number of halogens is 1. The van der Waals surface area contributed by atoms with Crippen LogP contribution in [0.5, 0.6) is 0 Å². The van der Waals surface area contributed by atoms with E-state index in [0.29, 0.717) is 17.3 Å². The molecule has 100 valence electrons. The van der Waals surface area contributed by atoms with Crippen LogP contribution in [0.4, 0.5) is 10.5 Å². The van der Waals surface area contributed by atoms with Gasteiger partial charge in [0.1, 0.15) is 5.60 Å². The Bertz CT molecular complexity index is 430. The maximum absolute atomic E-state index is 11.5. The zero-order valence-corrected chi connectivity index (χ0v) is 11.5. The summed E-state index contributed by atoms with van der Waals surface area (Å²) in [6, 6.07) is 5.18. The number of nitrogens with one attached hydrogen (secondary N) is 2. The van der Waals surface area contributed by atoms with E-state index in [0.717, 1.165) is 5.56 Å². The summed E-state index contributed by atoms with van der Waals surface area (Å²) in [5.41, 5.74) is 3.42. The molecule has 0 heterocycles. The first kappa shape index (κ1) is 14.8. The molecule has 1 aromatic rings. The average Bonchev–Trinajstić information content (AvgIpc) is 2.19. The van der Waals surface area contributed by atoms with Gasteiger partial charge in [0.15, 0.2) is 0 Å². The summed E-state index contributed by atoms with van der Waals surface area (Å²) in [5, 5.41) is 3.14. The summed E-state index contributed by atoms with van der Waals surface area (Å²) < 4.78 is 5.13. The highest BCUT2D eigenvalue weighted by atomic mass is 35.5. The van der Waals surface area contributed by atoms with Crippen molar-refractivity contribution in [3.63, 3.8) is 0 Å². The largest absolute Gasteiger partial charge is 0.444 e. The Morgan fingerprint density at radius 2 is 2.11 bits per heavy atom. The summed E-state index contributed by atoms with van der Waals surface area (Å²) in [6.07, 6.45) is -0.511. The summed E-state index contributed by atoms with van der Waals surface area (Å²) in [5.74, 6) is 5.22. The van der Waals surface area contributed by atoms with Crippen molar-refractivity contribution in [3.05, 3.63) is 28.8 Å². The Hall–Kier alpha value is -1.30. The van der Waals surface area contributed by atoms with Gasteiger partial charge in [-0.25, -0.2) is 4.79 Å². The first-order valence-corrected chi connectivity index (χ1v) is 5.91. The minimum atomic E-state index is -0.530. The molecule has 1 aromatic carbocycles. The van der Waals surface area contributed by atoms with Gasteiger partial charge in [-0.15, -0.1) is 0 Å². The molecule has 0 saturated carbocycles. The number of benzene rings is 1. The standard InChI is InChI=1S/C12H18ClN3O2/c1-12(2,3)18-11(17)16-9-5-4-8(7-15-14)10(13)6-9/h4-6,15H,7,14H2,1-3H3,(H,16,17). The van der Waals surface area contributed by atoms with Crippen LogP contribution >= 0.6 is 11.6 Å². The number of hydrazine groups is 1. The molecule has 0 aliphatic carbocycles. The zero-order valence-electron chi connectivity index (χ0n) is 10.7. The number of carbonyl (C=O) groups is 1. The van der Waals surface area contributed by atoms with E-state index in [9.17, 15) is 4.79 Å². The normalized spacial score (nSPS) is 11.2. The van der Waals surface area contributed by atoms with Crippen molar-refractivity contribution >= 4 is 23.4 Å². The number of hydrogen-bond donors (Lipinski definition) is 3. The second-order valence-electron chi connectivity index (χ2n) is 4.81. The molecule has 5 nitrogen and oxygen atoms in total. The predicted octanol–water partition coefficient (Wildman–Crippen LogP) is 2.65. The Labute approximate surface area is 112 Å². The molecule has 0 saturated heterocycles. The molecule has 0 fully saturated rings. The van der Waals surface area contributed by atoms with Gasteiger partial charge in [0.2, 0.25) is 0 Å². The quantitative estimate of drug-likeness (QED) is 0.583. The van der Waals surface area contributed by atoms with Crippen LogP contribution in [0.1, 0.15) is 26.3 Å². The fraction of sp³-hybridized carbons (Fsp3) is 0.417. The van der Waals surface area contributed by atoms with Crippen molar-refractivity contribution in [2.45, 2.75) is 32.9 Å². The van der Waals surface area contributed by atoms with E-state index >= 15 is 0 Å². The number of ether oxygens (including phenoxy) is 1. The van der Waals surface area contributed by atoms with E-state index in [4.69, 9.17) is 22.2 Å². The minimum Gasteiger partial charge on any atom is -0.444 e. The number of amides is 1. The number of hydrogen-bond acceptors (Lipinski definition) is 4. The molecule has 18 heavy (non-hydrogen) atoms. The molecule has 0 aliphatic rings. The fourth-order valence-corrected chi connectivity index (χ4v) is 1.55. The molecule has 0 radical (unpaired) electrons. The Kier molecular flexibility index (Phi) is 4.95. The van der Waals surface area contributed by atoms with Gasteiger partial charge in [0, 0.05) is 17.3 Å². The van der Waals surface area contributed by atoms with Crippen LogP contribution < -0.4 is 16.6 Å². The molecule has 0 aromatic heterocycles. The van der Waals surface area contributed by atoms with E-state index in [1.807, 2.05) is 0 Å². The Morgan fingerprint density at radius 1 is 1.44 bits per heavy atom. The van der Waals surface area contributed by atoms with Gasteiger partial charge >= 0.3 is 6.09 Å². The van der Waals surface area contributed by atoms with Gasteiger partial charge in [-0.3, -0.25) is 16.6 Å². The third-order valence-corrected chi connectivity index (χ3v) is 2.34. The molecule has 0 unspecified atom stereocenters. The number of anilines is 1. The van der Waals surface area contributed by atoms with Crippen molar-refractivity contribution in [1.82, 2.24) is 5.43 Å².